The van der Waals surface area contributed by atoms with Crippen LogP contribution in [0.5, 0.6) is 0 Å². The number of aryl methyl sites for hydroxylation is 1. The number of carboxylic acid groups (broad SMARTS) is 1. The summed E-state index contributed by atoms with van der Waals surface area (Å²) in [7, 11) is 0. The quantitative estimate of drug-likeness (QED) is 0.770. The van der Waals surface area contributed by atoms with Crippen LogP contribution >= 0.6 is 0 Å². The maximum atomic E-state index is 10.6. The van der Waals surface area contributed by atoms with Gasteiger partial charge in [-0.15, -0.1) is 0 Å². The summed E-state index contributed by atoms with van der Waals surface area (Å²) in [4.78, 5) is 10.6. The van der Waals surface area contributed by atoms with E-state index >= 15 is 0 Å². The second-order valence-corrected chi connectivity index (χ2v) is 5.26. The number of aliphatic carboxylic acids is 1. The smallest absolute Gasteiger partial charge is 0.303 e. The van der Waals surface area contributed by atoms with Crippen LogP contribution in [0, 0.1) is 0 Å². The van der Waals surface area contributed by atoms with Gasteiger partial charge >= 0.3 is 5.97 Å². The number of rotatable bonds is 7. The van der Waals surface area contributed by atoms with Crippen molar-refractivity contribution in [3.8, 4) is 0 Å². The lowest BCUT2D eigenvalue weighted by Gasteiger charge is -2.02. The van der Waals surface area contributed by atoms with Gasteiger partial charge < -0.3 is 10.8 Å². The van der Waals surface area contributed by atoms with Crippen LogP contribution in [0.1, 0.15) is 28.7 Å². The summed E-state index contributed by atoms with van der Waals surface area (Å²) in [6.45, 7) is 0.652. The fourth-order valence-corrected chi connectivity index (χ4v) is 2.31. The third-order valence-corrected chi connectivity index (χ3v) is 3.43. The average Bonchev–Trinajstić information content (AvgIpc) is 2.52. The van der Waals surface area contributed by atoms with Crippen molar-refractivity contribution in [1.29, 1.82) is 0 Å². The zero-order valence-corrected chi connectivity index (χ0v) is 12.5. The van der Waals surface area contributed by atoms with Crippen LogP contribution in [0.15, 0.2) is 48.5 Å². The molecule has 0 saturated carbocycles. The second-order valence-electron chi connectivity index (χ2n) is 5.26. The molecule has 0 spiro atoms. The normalized spacial score (nSPS) is 11.0. The van der Waals surface area contributed by atoms with Crippen molar-refractivity contribution in [2.24, 2.45) is 5.73 Å². The number of carbonyl (C=O) groups is 1. The van der Waals surface area contributed by atoms with E-state index in [9.17, 15) is 4.79 Å². The molecule has 0 bridgehead atoms. The van der Waals surface area contributed by atoms with E-state index in [-0.39, 0.29) is 6.42 Å². The summed E-state index contributed by atoms with van der Waals surface area (Å²) in [5.41, 5.74) is 10.1. The third-order valence-electron chi connectivity index (χ3n) is 3.43. The molecule has 0 heterocycles. The summed E-state index contributed by atoms with van der Waals surface area (Å²) >= 11 is 0. The molecule has 0 aliphatic rings. The first-order valence-electron chi connectivity index (χ1n) is 7.45. The predicted octanol–water partition coefficient (Wildman–Crippen LogP) is 3.38. The van der Waals surface area contributed by atoms with Crippen molar-refractivity contribution in [3.05, 3.63) is 70.8 Å². The zero-order valence-electron chi connectivity index (χ0n) is 12.5. The van der Waals surface area contributed by atoms with Crippen LogP contribution in [0.25, 0.3) is 12.2 Å². The van der Waals surface area contributed by atoms with E-state index in [0.717, 1.165) is 23.1 Å². The Balaban J connectivity index is 2.07. The molecule has 0 aromatic heterocycles. The van der Waals surface area contributed by atoms with E-state index in [4.69, 9.17) is 10.8 Å². The molecule has 0 aliphatic carbocycles. The molecular formula is C19H21NO2. The Kier molecular flexibility index (Phi) is 5.92. The molecule has 2 rings (SSSR count). The summed E-state index contributed by atoms with van der Waals surface area (Å²) < 4.78 is 0. The lowest BCUT2D eigenvalue weighted by molar-refractivity contribution is -0.136. The first-order valence-corrected chi connectivity index (χ1v) is 7.45. The van der Waals surface area contributed by atoms with Gasteiger partial charge in [0, 0.05) is 6.42 Å². The monoisotopic (exact) mass is 295 g/mol. The molecule has 3 nitrogen and oxygen atoms in total. The van der Waals surface area contributed by atoms with Gasteiger partial charge in [0.25, 0.3) is 0 Å². The molecule has 3 heteroatoms. The van der Waals surface area contributed by atoms with E-state index in [1.54, 1.807) is 0 Å². The number of nitrogens with two attached hydrogens (primary N) is 1. The van der Waals surface area contributed by atoms with Crippen LogP contribution in [-0.4, -0.2) is 17.6 Å². The SMILES string of the molecule is NCCc1cccc(/C=C\c2cccc(CCC(=O)O)c2)c1. The van der Waals surface area contributed by atoms with Gasteiger partial charge in [0.05, 0.1) is 0 Å². The van der Waals surface area contributed by atoms with Crippen LogP contribution in [0.4, 0.5) is 0 Å². The molecule has 2 aromatic rings. The summed E-state index contributed by atoms with van der Waals surface area (Å²) in [5.74, 6) is -0.766. The van der Waals surface area contributed by atoms with E-state index in [0.29, 0.717) is 13.0 Å². The summed E-state index contributed by atoms with van der Waals surface area (Å²) in [6.07, 6.45) is 5.71. The fraction of sp³-hybridized carbons (Fsp3) is 0.211. The molecule has 114 valence electrons. The van der Waals surface area contributed by atoms with Crippen molar-refractivity contribution in [2.45, 2.75) is 19.3 Å². The van der Waals surface area contributed by atoms with Gasteiger partial charge in [-0.3, -0.25) is 4.79 Å². The van der Waals surface area contributed by atoms with Crippen LogP contribution in [-0.2, 0) is 17.6 Å². The lowest BCUT2D eigenvalue weighted by Crippen LogP contribution is -2.02. The Morgan fingerprint density at radius 2 is 1.50 bits per heavy atom. The van der Waals surface area contributed by atoms with Crippen molar-refractivity contribution in [3.63, 3.8) is 0 Å². The molecule has 0 atom stereocenters. The molecule has 0 radical (unpaired) electrons. The van der Waals surface area contributed by atoms with Gasteiger partial charge in [-0.05, 0) is 41.6 Å². The van der Waals surface area contributed by atoms with Gasteiger partial charge in [0.2, 0.25) is 0 Å². The van der Waals surface area contributed by atoms with Crippen molar-refractivity contribution in [2.75, 3.05) is 6.54 Å². The van der Waals surface area contributed by atoms with Crippen molar-refractivity contribution < 1.29 is 9.90 Å². The molecular weight excluding hydrogens is 274 g/mol. The maximum Gasteiger partial charge on any atom is 0.303 e. The highest BCUT2D eigenvalue weighted by Crippen LogP contribution is 2.13. The molecule has 0 fully saturated rings. The average molecular weight is 295 g/mol. The van der Waals surface area contributed by atoms with Gasteiger partial charge in [-0.25, -0.2) is 0 Å². The largest absolute Gasteiger partial charge is 0.481 e. The minimum Gasteiger partial charge on any atom is -0.481 e. The Labute approximate surface area is 131 Å². The summed E-state index contributed by atoms with van der Waals surface area (Å²) in [5, 5.41) is 8.74. The van der Waals surface area contributed by atoms with Crippen molar-refractivity contribution in [1.82, 2.24) is 0 Å². The van der Waals surface area contributed by atoms with Crippen molar-refractivity contribution >= 4 is 18.1 Å². The predicted molar refractivity (Wildman–Crippen MR) is 90.5 cm³/mol. The van der Waals surface area contributed by atoms with Gasteiger partial charge in [-0.1, -0.05) is 60.7 Å². The minimum atomic E-state index is -0.766. The Hall–Kier alpha value is -2.39. The van der Waals surface area contributed by atoms with Crippen LogP contribution in [0.3, 0.4) is 0 Å². The highest BCUT2D eigenvalue weighted by molar-refractivity contribution is 5.70. The first kappa shape index (κ1) is 16.0. The highest BCUT2D eigenvalue weighted by atomic mass is 16.4. The molecule has 0 aliphatic heterocycles. The fourth-order valence-electron chi connectivity index (χ4n) is 2.31. The molecule has 22 heavy (non-hydrogen) atoms. The van der Waals surface area contributed by atoms with Crippen LogP contribution in [0.2, 0.25) is 0 Å². The Bertz CT molecular complexity index is 662. The number of benzene rings is 2. The van der Waals surface area contributed by atoms with Gasteiger partial charge in [-0.2, -0.15) is 0 Å². The highest BCUT2D eigenvalue weighted by Gasteiger charge is 1.99. The first-order chi connectivity index (χ1) is 10.7. The zero-order chi connectivity index (χ0) is 15.8. The molecule has 3 N–H and O–H groups in total. The van der Waals surface area contributed by atoms with E-state index in [1.165, 1.54) is 5.56 Å². The molecule has 2 aromatic carbocycles. The van der Waals surface area contributed by atoms with E-state index in [1.807, 2.05) is 36.4 Å². The Morgan fingerprint density at radius 3 is 2.00 bits per heavy atom. The van der Waals surface area contributed by atoms with Crippen LogP contribution < -0.4 is 5.73 Å². The molecule has 0 unspecified atom stereocenters. The topological polar surface area (TPSA) is 63.3 Å². The number of hydrogen-bond donors (Lipinski definition) is 2. The maximum absolute atomic E-state index is 10.6. The molecule has 0 amide bonds. The van der Waals surface area contributed by atoms with Gasteiger partial charge in [0.15, 0.2) is 0 Å². The minimum absolute atomic E-state index is 0.161. The van der Waals surface area contributed by atoms with E-state index in [2.05, 4.69) is 24.3 Å². The van der Waals surface area contributed by atoms with E-state index < -0.39 is 5.97 Å². The Morgan fingerprint density at radius 1 is 0.955 bits per heavy atom. The molecule has 0 saturated heterocycles. The third kappa shape index (κ3) is 5.19. The second kappa shape index (κ2) is 8.15. The standard InChI is InChI=1S/C19H21NO2/c20-12-11-18-6-2-4-16(14-18)8-7-15-3-1-5-17(13-15)9-10-19(21)22/h1-8,13-14H,9-12,20H2,(H,21,22)/b8-7-. The lowest BCUT2D eigenvalue weighted by atomic mass is 10.0. The number of carboxylic acids is 1. The van der Waals surface area contributed by atoms with Gasteiger partial charge in [0.1, 0.15) is 0 Å². The summed E-state index contributed by atoms with van der Waals surface area (Å²) in [6, 6.07) is 16.3. The number of hydrogen-bond acceptors (Lipinski definition) is 2.